The molecule has 0 amide bonds. The van der Waals surface area contributed by atoms with Crippen LogP contribution in [0.1, 0.15) is 19.8 Å². The lowest BCUT2D eigenvalue weighted by Crippen LogP contribution is -2.31. The minimum Gasteiger partial charge on any atom is -0.481 e. The first-order valence-corrected chi connectivity index (χ1v) is 6.88. The summed E-state index contributed by atoms with van der Waals surface area (Å²) >= 11 is 1.21. The van der Waals surface area contributed by atoms with Crippen molar-refractivity contribution in [3.63, 3.8) is 0 Å². The highest BCUT2D eigenvalue weighted by Crippen LogP contribution is 2.32. The molecule has 0 atom stereocenters. The van der Waals surface area contributed by atoms with Crippen molar-refractivity contribution in [2.75, 3.05) is 19.0 Å². The van der Waals surface area contributed by atoms with E-state index in [-0.39, 0.29) is 11.2 Å². The van der Waals surface area contributed by atoms with E-state index in [2.05, 4.69) is 17.1 Å². The Kier molecular flexibility index (Phi) is 4.23. The Balaban J connectivity index is 2.00. The van der Waals surface area contributed by atoms with Gasteiger partial charge in [0.25, 0.3) is 0 Å². The number of nitrogens with zero attached hydrogens (tertiary/aromatic N) is 3. The summed E-state index contributed by atoms with van der Waals surface area (Å²) < 4.78 is 7.31. The summed E-state index contributed by atoms with van der Waals surface area (Å²) in [5.41, 5.74) is 0.180. The van der Waals surface area contributed by atoms with Crippen LogP contribution in [0.25, 0.3) is 0 Å². The number of hydrogen-bond donors (Lipinski definition) is 1. The number of aliphatic carboxylic acids is 1. The monoisotopic (exact) mass is 271 g/mol. The Morgan fingerprint density at radius 1 is 1.61 bits per heavy atom. The minimum absolute atomic E-state index is 0.0124. The van der Waals surface area contributed by atoms with E-state index in [4.69, 9.17) is 9.84 Å². The van der Waals surface area contributed by atoms with Crippen LogP contribution in [0.3, 0.4) is 0 Å². The third-order valence-corrected chi connectivity index (χ3v) is 4.12. The second-order valence-electron chi connectivity index (χ2n) is 4.85. The highest BCUT2D eigenvalue weighted by Gasteiger charge is 2.28. The van der Waals surface area contributed by atoms with Crippen LogP contribution < -0.4 is 0 Å². The SMILES string of the molecule is CC1(Cn2cnnc2SCC(=O)O)CCOCC1. The number of thioether (sulfide) groups is 1. The maximum absolute atomic E-state index is 10.6. The molecule has 18 heavy (non-hydrogen) atoms. The van der Waals surface area contributed by atoms with Crippen LogP contribution in [0.5, 0.6) is 0 Å². The molecule has 1 aromatic rings. The van der Waals surface area contributed by atoms with Gasteiger partial charge in [0, 0.05) is 19.8 Å². The lowest BCUT2D eigenvalue weighted by atomic mass is 9.82. The maximum Gasteiger partial charge on any atom is 0.313 e. The quantitative estimate of drug-likeness (QED) is 0.813. The fraction of sp³-hybridized carbons (Fsp3) is 0.727. The van der Waals surface area contributed by atoms with Crippen molar-refractivity contribution in [3.8, 4) is 0 Å². The second-order valence-corrected chi connectivity index (χ2v) is 5.79. The van der Waals surface area contributed by atoms with Gasteiger partial charge in [0.15, 0.2) is 5.16 Å². The van der Waals surface area contributed by atoms with E-state index in [0.717, 1.165) is 32.6 Å². The van der Waals surface area contributed by atoms with Crippen molar-refractivity contribution in [2.24, 2.45) is 5.41 Å². The van der Waals surface area contributed by atoms with Crippen molar-refractivity contribution in [2.45, 2.75) is 31.5 Å². The largest absolute Gasteiger partial charge is 0.481 e. The summed E-state index contributed by atoms with van der Waals surface area (Å²) in [5, 5.41) is 17.2. The lowest BCUT2D eigenvalue weighted by Gasteiger charge is -2.33. The zero-order chi connectivity index (χ0) is 13.0. The summed E-state index contributed by atoms with van der Waals surface area (Å²) in [5.74, 6) is -0.828. The molecule has 7 heteroatoms. The van der Waals surface area contributed by atoms with Gasteiger partial charge in [-0.2, -0.15) is 0 Å². The first kappa shape index (κ1) is 13.4. The minimum atomic E-state index is -0.841. The second kappa shape index (κ2) is 5.71. The molecule has 6 nitrogen and oxygen atoms in total. The number of carboxylic acids is 1. The molecule has 1 aliphatic heterocycles. The van der Waals surface area contributed by atoms with Crippen LogP contribution in [0.15, 0.2) is 11.5 Å². The summed E-state index contributed by atoms with van der Waals surface area (Å²) in [7, 11) is 0. The molecule has 0 spiro atoms. The van der Waals surface area contributed by atoms with Crippen molar-refractivity contribution in [3.05, 3.63) is 6.33 Å². The highest BCUT2D eigenvalue weighted by atomic mass is 32.2. The molecular weight excluding hydrogens is 254 g/mol. The Bertz CT molecular complexity index is 415. The van der Waals surface area contributed by atoms with Crippen molar-refractivity contribution in [1.82, 2.24) is 14.8 Å². The molecule has 1 aliphatic rings. The van der Waals surface area contributed by atoms with Crippen molar-refractivity contribution in [1.29, 1.82) is 0 Å². The van der Waals surface area contributed by atoms with E-state index in [0.29, 0.717) is 5.16 Å². The van der Waals surface area contributed by atoms with Gasteiger partial charge in [-0.15, -0.1) is 10.2 Å². The molecule has 1 fully saturated rings. The molecule has 0 unspecified atom stereocenters. The summed E-state index contributed by atoms with van der Waals surface area (Å²) in [6, 6.07) is 0. The maximum atomic E-state index is 10.6. The third-order valence-electron chi connectivity index (χ3n) is 3.16. The van der Waals surface area contributed by atoms with Gasteiger partial charge in [0.1, 0.15) is 6.33 Å². The van der Waals surface area contributed by atoms with E-state index in [1.165, 1.54) is 11.8 Å². The molecule has 2 rings (SSSR count). The molecule has 1 N–H and O–H groups in total. The molecule has 0 saturated carbocycles. The fourth-order valence-corrected chi connectivity index (χ4v) is 2.66. The Morgan fingerprint density at radius 2 is 2.33 bits per heavy atom. The Morgan fingerprint density at radius 3 is 3.00 bits per heavy atom. The van der Waals surface area contributed by atoms with E-state index in [1.54, 1.807) is 6.33 Å². The highest BCUT2D eigenvalue weighted by molar-refractivity contribution is 7.99. The molecule has 1 aromatic heterocycles. The van der Waals surface area contributed by atoms with E-state index in [9.17, 15) is 4.79 Å². The lowest BCUT2D eigenvalue weighted by molar-refractivity contribution is -0.133. The van der Waals surface area contributed by atoms with Crippen molar-refractivity contribution < 1.29 is 14.6 Å². The van der Waals surface area contributed by atoms with Gasteiger partial charge < -0.3 is 14.4 Å². The van der Waals surface area contributed by atoms with Gasteiger partial charge in [-0.3, -0.25) is 4.79 Å². The van der Waals surface area contributed by atoms with Gasteiger partial charge in [-0.25, -0.2) is 0 Å². The third kappa shape index (κ3) is 3.46. The number of hydrogen-bond acceptors (Lipinski definition) is 5. The van der Waals surface area contributed by atoms with Gasteiger partial charge in [-0.05, 0) is 18.3 Å². The van der Waals surface area contributed by atoms with Crippen LogP contribution in [0.2, 0.25) is 0 Å². The van der Waals surface area contributed by atoms with E-state index >= 15 is 0 Å². The normalized spacial score (nSPS) is 18.7. The molecule has 100 valence electrons. The zero-order valence-electron chi connectivity index (χ0n) is 10.3. The van der Waals surface area contributed by atoms with E-state index < -0.39 is 5.97 Å². The summed E-state index contributed by atoms with van der Waals surface area (Å²) in [6.45, 7) is 4.61. The Hall–Kier alpha value is -1.08. The first-order valence-electron chi connectivity index (χ1n) is 5.89. The van der Waals surface area contributed by atoms with Gasteiger partial charge in [0.05, 0.1) is 5.75 Å². The topological polar surface area (TPSA) is 77.2 Å². The predicted molar refractivity (Wildman–Crippen MR) is 66.5 cm³/mol. The molecule has 1 saturated heterocycles. The fourth-order valence-electron chi connectivity index (χ4n) is 2.02. The van der Waals surface area contributed by atoms with Gasteiger partial charge >= 0.3 is 5.97 Å². The zero-order valence-corrected chi connectivity index (χ0v) is 11.2. The summed E-state index contributed by atoms with van der Waals surface area (Å²) in [6.07, 6.45) is 3.69. The number of carbonyl (C=O) groups is 1. The standard InChI is InChI=1S/C11H17N3O3S/c1-11(2-4-17-5-3-11)7-14-8-12-13-10(14)18-6-9(15)16/h8H,2-7H2,1H3,(H,15,16). The number of rotatable bonds is 5. The van der Waals surface area contributed by atoms with Crippen LogP contribution in [0, 0.1) is 5.41 Å². The Labute approximate surface area is 110 Å². The van der Waals surface area contributed by atoms with Crippen molar-refractivity contribution >= 4 is 17.7 Å². The van der Waals surface area contributed by atoms with Crippen LogP contribution >= 0.6 is 11.8 Å². The predicted octanol–water partition coefficient (Wildman–Crippen LogP) is 1.27. The average molecular weight is 271 g/mol. The van der Waals surface area contributed by atoms with Gasteiger partial charge in [-0.1, -0.05) is 18.7 Å². The number of ether oxygens (including phenoxy) is 1. The van der Waals surface area contributed by atoms with Crippen LogP contribution in [-0.2, 0) is 16.1 Å². The van der Waals surface area contributed by atoms with Crippen LogP contribution in [-0.4, -0.2) is 44.8 Å². The van der Waals surface area contributed by atoms with Crippen LogP contribution in [0.4, 0.5) is 0 Å². The van der Waals surface area contributed by atoms with Gasteiger partial charge in [0.2, 0.25) is 0 Å². The molecule has 0 bridgehead atoms. The average Bonchev–Trinajstić information content (AvgIpc) is 2.74. The number of aromatic nitrogens is 3. The molecule has 0 radical (unpaired) electrons. The molecule has 2 heterocycles. The molecular formula is C11H17N3O3S. The smallest absolute Gasteiger partial charge is 0.313 e. The number of carboxylic acid groups (broad SMARTS) is 1. The molecule has 0 aromatic carbocycles. The first-order chi connectivity index (χ1) is 8.59. The molecule has 0 aliphatic carbocycles. The summed E-state index contributed by atoms with van der Waals surface area (Å²) in [4.78, 5) is 10.6. The van der Waals surface area contributed by atoms with E-state index in [1.807, 2.05) is 4.57 Å².